The van der Waals surface area contributed by atoms with Gasteiger partial charge in [0.05, 0.1) is 6.07 Å². The van der Waals surface area contributed by atoms with Crippen molar-refractivity contribution in [3.8, 4) is 46.1 Å². The second-order valence-electron chi connectivity index (χ2n) is 7.25. The van der Waals surface area contributed by atoms with Crippen molar-refractivity contribution < 1.29 is 38.7 Å². The van der Waals surface area contributed by atoms with Crippen LogP contribution in [0.3, 0.4) is 0 Å². The first-order valence-electron chi connectivity index (χ1n) is 10.6. The Bertz CT molecular complexity index is 1240. The van der Waals surface area contributed by atoms with Gasteiger partial charge >= 0.3 is 11.9 Å². The van der Waals surface area contributed by atoms with Crippen LogP contribution >= 0.6 is 0 Å². The van der Waals surface area contributed by atoms with Crippen molar-refractivity contribution in [3.63, 3.8) is 0 Å². The molecule has 0 fully saturated rings. The highest BCUT2D eigenvalue weighted by atomic mass is 16.5. The normalized spacial score (nSPS) is 10.3. The molecule has 1 heterocycles. The van der Waals surface area contributed by atoms with Gasteiger partial charge in [0.1, 0.15) is 23.0 Å². The van der Waals surface area contributed by atoms with Gasteiger partial charge in [0.25, 0.3) is 0 Å². The highest BCUT2D eigenvalue weighted by Gasteiger charge is 2.11. The smallest absolute Gasteiger partial charge is 0.341 e. The Morgan fingerprint density at radius 2 is 1.03 bits per heavy atom. The Morgan fingerprint density at radius 1 is 0.611 bits per heavy atom. The molecule has 3 aromatic carbocycles. The zero-order valence-corrected chi connectivity index (χ0v) is 18.7. The van der Waals surface area contributed by atoms with Crippen LogP contribution in [0.5, 0.6) is 34.8 Å². The number of carboxylic acids is 2. The van der Waals surface area contributed by atoms with Gasteiger partial charge in [-0.05, 0) is 48.5 Å². The molecule has 0 saturated carbocycles. The van der Waals surface area contributed by atoms with E-state index in [2.05, 4.69) is 9.97 Å². The lowest BCUT2D eigenvalue weighted by Crippen LogP contribution is -2.09. The van der Waals surface area contributed by atoms with E-state index in [0.29, 0.717) is 28.8 Å². The van der Waals surface area contributed by atoms with Crippen molar-refractivity contribution in [3.05, 3.63) is 84.9 Å². The molecule has 4 aromatic rings. The van der Waals surface area contributed by atoms with Crippen LogP contribution in [0.2, 0.25) is 0 Å². The summed E-state index contributed by atoms with van der Waals surface area (Å²) in [5, 5.41) is 17.5. The van der Waals surface area contributed by atoms with Crippen molar-refractivity contribution in [2.75, 3.05) is 13.2 Å². The van der Waals surface area contributed by atoms with E-state index >= 15 is 0 Å². The van der Waals surface area contributed by atoms with Crippen LogP contribution in [-0.4, -0.2) is 45.3 Å². The van der Waals surface area contributed by atoms with Crippen LogP contribution in [0.1, 0.15) is 0 Å². The number of hydrogen-bond donors (Lipinski definition) is 2. The zero-order valence-electron chi connectivity index (χ0n) is 18.7. The van der Waals surface area contributed by atoms with Gasteiger partial charge < -0.3 is 29.2 Å². The Kier molecular flexibility index (Phi) is 7.57. The van der Waals surface area contributed by atoms with Crippen molar-refractivity contribution in [2.45, 2.75) is 0 Å². The van der Waals surface area contributed by atoms with E-state index in [-0.39, 0.29) is 11.8 Å². The van der Waals surface area contributed by atoms with Crippen molar-refractivity contribution in [1.82, 2.24) is 9.97 Å². The quantitative estimate of drug-likeness (QED) is 0.307. The number of nitrogens with zero attached hydrogens (tertiary/aromatic N) is 2. The van der Waals surface area contributed by atoms with Gasteiger partial charge in [0.15, 0.2) is 19.0 Å². The van der Waals surface area contributed by atoms with E-state index in [0.717, 1.165) is 5.56 Å². The second kappa shape index (κ2) is 11.3. The number of hydrogen-bond acceptors (Lipinski definition) is 8. The minimum Gasteiger partial charge on any atom is -0.482 e. The summed E-state index contributed by atoms with van der Waals surface area (Å²) in [6, 6.07) is 23.7. The first kappa shape index (κ1) is 24.0. The molecule has 36 heavy (non-hydrogen) atoms. The molecule has 0 aliphatic rings. The summed E-state index contributed by atoms with van der Waals surface area (Å²) in [6.45, 7) is -0.889. The molecule has 0 aliphatic heterocycles. The summed E-state index contributed by atoms with van der Waals surface area (Å²) in [5.41, 5.74) is 0.752. The van der Waals surface area contributed by atoms with E-state index in [1.54, 1.807) is 48.5 Å². The maximum atomic E-state index is 10.7. The lowest BCUT2D eigenvalue weighted by Gasteiger charge is -2.11. The number of ether oxygens (including phenoxy) is 4. The van der Waals surface area contributed by atoms with E-state index in [9.17, 15) is 9.59 Å². The molecule has 0 atom stereocenters. The molecule has 0 unspecified atom stereocenters. The molecule has 10 heteroatoms. The number of carboxylic acid groups (broad SMARTS) is 2. The zero-order chi connectivity index (χ0) is 25.3. The second-order valence-corrected chi connectivity index (χ2v) is 7.25. The van der Waals surface area contributed by atoms with Gasteiger partial charge in [-0.2, -0.15) is 9.97 Å². The molecule has 10 nitrogen and oxygen atoms in total. The highest BCUT2D eigenvalue weighted by Crippen LogP contribution is 2.30. The fraction of sp³-hybridized carbons (Fsp3) is 0.0769. The van der Waals surface area contributed by atoms with Gasteiger partial charge in [-0.25, -0.2) is 9.59 Å². The molecule has 2 N–H and O–H groups in total. The summed E-state index contributed by atoms with van der Waals surface area (Å²) in [6.07, 6.45) is 0. The standard InChI is InChI=1S/C26H20N2O8/c29-24(30)15-33-18-6-10-20(11-7-18)35-22-14-23(28-26(27-22)17-4-2-1-3-5-17)36-21-12-8-19(9-13-21)34-16-25(31)32/h1-14H,15-16H2,(H,29,30)(H,31,32). The number of rotatable bonds is 11. The van der Waals surface area contributed by atoms with Crippen LogP contribution in [-0.2, 0) is 9.59 Å². The SMILES string of the molecule is O=C(O)COc1ccc(Oc2cc(Oc3ccc(OCC(=O)O)cc3)nc(-c3ccccc3)n2)cc1. The van der Waals surface area contributed by atoms with E-state index in [1.807, 2.05) is 30.3 Å². The monoisotopic (exact) mass is 488 g/mol. The molecule has 182 valence electrons. The summed E-state index contributed by atoms with van der Waals surface area (Å²) in [7, 11) is 0. The van der Waals surface area contributed by atoms with E-state index in [1.165, 1.54) is 6.07 Å². The fourth-order valence-corrected chi connectivity index (χ4v) is 2.96. The average molecular weight is 488 g/mol. The van der Waals surface area contributed by atoms with Crippen molar-refractivity contribution >= 4 is 11.9 Å². The predicted octanol–water partition coefficient (Wildman–Crippen LogP) is 4.66. The number of benzene rings is 3. The number of aliphatic carboxylic acids is 2. The predicted molar refractivity (Wildman–Crippen MR) is 127 cm³/mol. The molecule has 0 amide bonds. The third-order valence-electron chi connectivity index (χ3n) is 4.53. The van der Waals surface area contributed by atoms with Gasteiger partial charge in [-0.1, -0.05) is 30.3 Å². The number of aromatic nitrogens is 2. The topological polar surface area (TPSA) is 137 Å². The Labute approximate surface area is 205 Å². The van der Waals surface area contributed by atoms with Gasteiger partial charge in [0, 0.05) is 5.56 Å². The molecule has 0 bridgehead atoms. The van der Waals surface area contributed by atoms with Crippen LogP contribution in [0, 0.1) is 0 Å². The third kappa shape index (κ3) is 6.94. The summed E-state index contributed by atoms with van der Waals surface area (Å²) in [4.78, 5) is 30.3. The highest BCUT2D eigenvalue weighted by molar-refractivity contribution is 5.68. The fourth-order valence-electron chi connectivity index (χ4n) is 2.96. The minimum atomic E-state index is -1.07. The van der Waals surface area contributed by atoms with Crippen LogP contribution in [0.4, 0.5) is 0 Å². The molecule has 4 rings (SSSR count). The molecular formula is C26H20N2O8. The first-order valence-corrected chi connectivity index (χ1v) is 10.6. The van der Waals surface area contributed by atoms with Gasteiger partial charge in [0.2, 0.25) is 11.8 Å². The molecule has 0 saturated heterocycles. The maximum Gasteiger partial charge on any atom is 0.341 e. The molecule has 0 aliphatic carbocycles. The van der Waals surface area contributed by atoms with Crippen molar-refractivity contribution in [2.24, 2.45) is 0 Å². The van der Waals surface area contributed by atoms with Crippen LogP contribution < -0.4 is 18.9 Å². The Morgan fingerprint density at radius 3 is 1.44 bits per heavy atom. The summed E-state index contributed by atoms with van der Waals surface area (Å²) >= 11 is 0. The molecule has 0 radical (unpaired) electrons. The Hall–Kier alpha value is -5.12. The maximum absolute atomic E-state index is 10.7. The van der Waals surface area contributed by atoms with Gasteiger partial charge in [-0.3, -0.25) is 0 Å². The summed E-state index contributed by atoms with van der Waals surface area (Å²) in [5.74, 6) is 0.348. The Balaban J connectivity index is 1.55. The number of carbonyl (C=O) groups is 2. The summed E-state index contributed by atoms with van der Waals surface area (Å²) < 4.78 is 22.1. The van der Waals surface area contributed by atoms with E-state index < -0.39 is 25.2 Å². The van der Waals surface area contributed by atoms with Crippen LogP contribution in [0.15, 0.2) is 84.9 Å². The lowest BCUT2D eigenvalue weighted by molar-refractivity contribution is -0.140. The average Bonchev–Trinajstić information content (AvgIpc) is 2.88. The third-order valence-corrected chi connectivity index (χ3v) is 4.53. The van der Waals surface area contributed by atoms with Gasteiger partial charge in [-0.15, -0.1) is 0 Å². The van der Waals surface area contributed by atoms with Crippen LogP contribution in [0.25, 0.3) is 11.4 Å². The lowest BCUT2D eigenvalue weighted by atomic mass is 10.2. The minimum absolute atomic E-state index is 0.222. The van der Waals surface area contributed by atoms with E-state index in [4.69, 9.17) is 29.2 Å². The van der Waals surface area contributed by atoms with Crippen molar-refractivity contribution in [1.29, 1.82) is 0 Å². The first-order chi connectivity index (χ1) is 17.4. The molecular weight excluding hydrogens is 468 g/mol. The molecule has 1 aromatic heterocycles. The largest absolute Gasteiger partial charge is 0.482 e. The molecule has 0 spiro atoms.